The van der Waals surface area contributed by atoms with Crippen molar-refractivity contribution in [2.75, 3.05) is 12.8 Å². The molecule has 1 nitrogen and oxygen atoms in total. The van der Waals surface area contributed by atoms with Crippen LogP contribution in [0.5, 0.6) is 0 Å². The molecule has 0 aromatic rings. The molecule has 0 amide bonds. The van der Waals surface area contributed by atoms with Crippen LogP contribution in [0, 0.1) is 17.3 Å². The first-order chi connectivity index (χ1) is 8.99. The molecule has 2 unspecified atom stereocenters. The minimum atomic E-state index is 0.523. The zero-order chi connectivity index (χ0) is 13.9. The second-order valence-electron chi connectivity index (χ2n) is 7.86. The van der Waals surface area contributed by atoms with Crippen molar-refractivity contribution in [3.8, 4) is 0 Å². The third-order valence-corrected chi connectivity index (χ3v) is 6.58. The number of rotatable bonds is 4. The van der Waals surface area contributed by atoms with E-state index >= 15 is 0 Å². The Balaban J connectivity index is 1.64. The van der Waals surface area contributed by atoms with E-state index in [0.717, 1.165) is 23.1 Å². The van der Waals surface area contributed by atoms with Crippen molar-refractivity contribution in [2.45, 2.75) is 77.0 Å². The van der Waals surface area contributed by atoms with Gasteiger partial charge in [-0.15, -0.1) is 0 Å². The van der Waals surface area contributed by atoms with E-state index in [1.54, 1.807) is 0 Å². The van der Waals surface area contributed by atoms with Crippen molar-refractivity contribution in [1.29, 1.82) is 0 Å². The van der Waals surface area contributed by atoms with Gasteiger partial charge in [0, 0.05) is 11.3 Å². The molecule has 2 aliphatic carbocycles. The number of thioether (sulfide) groups is 1. The van der Waals surface area contributed by atoms with Crippen LogP contribution in [0.15, 0.2) is 0 Å². The minimum absolute atomic E-state index is 0.523. The fourth-order valence-corrected chi connectivity index (χ4v) is 4.70. The van der Waals surface area contributed by atoms with Crippen molar-refractivity contribution in [3.05, 3.63) is 0 Å². The van der Waals surface area contributed by atoms with E-state index in [1.165, 1.54) is 51.5 Å². The van der Waals surface area contributed by atoms with E-state index in [1.807, 2.05) is 0 Å². The van der Waals surface area contributed by atoms with Crippen LogP contribution in [-0.2, 0) is 0 Å². The van der Waals surface area contributed by atoms with Crippen LogP contribution in [0.2, 0.25) is 0 Å². The van der Waals surface area contributed by atoms with Crippen molar-refractivity contribution in [3.63, 3.8) is 0 Å². The molecule has 2 aliphatic rings. The number of hydrogen-bond acceptors (Lipinski definition) is 2. The molecular formula is C17H33NS. The molecule has 0 aromatic heterocycles. The second kappa shape index (κ2) is 6.85. The summed E-state index contributed by atoms with van der Waals surface area (Å²) in [7, 11) is 0. The lowest BCUT2D eigenvalue weighted by atomic mass is 9.70. The van der Waals surface area contributed by atoms with Crippen LogP contribution < -0.4 is 5.32 Å². The van der Waals surface area contributed by atoms with Crippen LogP contribution >= 0.6 is 11.8 Å². The Kier molecular flexibility index (Phi) is 5.65. The summed E-state index contributed by atoms with van der Waals surface area (Å²) in [4.78, 5) is 0. The van der Waals surface area contributed by atoms with E-state index in [9.17, 15) is 0 Å². The standard InChI is InChI=1S/C17H33NS/c1-17(2,3)14-7-5-13(6-8-14)12-18-15-9-10-16(11-15)19-4/h13-16,18H,5-12H2,1-4H3. The van der Waals surface area contributed by atoms with Gasteiger partial charge in [0.1, 0.15) is 0 Å². The molecule has 0 aliphatic heterocycles. The van der Waals surface area contributed by atoms with Gasteiger partial charge in [0.25, 0.3) is 0 Å². The van der Waals surface area contributed by atoms with Crippen LogP contribution in [-0.4, -0.2) is 24.1 Å². The Morgan fingerprint density at radius 1 is 1.00 bits per heavy atom. The van der Waals surface area contributed by atoms with E-state index < -0.39 is 0 Å². The summed E-state index contributed by atoms with van der Waals surface area (Å²) in [5, 5.41) is 4.78. The van der Waals surface area contributed by atoms with Gasteiger partial charge in [-0.3, -0.25) is 0 Å². The average molecular weight is 284 g/mol. The number of hydrogen-bond donors (Lipinski definition) is 1. The lowest BCUT2D eigenvalue weighted by Crippen LogP contribution is -2.35. The fraction of sp³-hybridized carbons (Fsp3) is 1.00. The molecule has 2 saturated carbocycles. The maximum absolute atomic E-state index is 3.86. The van der Waals surface area contributed by atoms with Crippen LogP contribution in [0.3, 0.4) is 0 Å². The van der Waals surface area contributed by atoms with Crippen LogP contribution in [0.25, 0.3) is 0 Å². The summed E-state index contributed by atoms with van der Waals surface area (Å²) in [5.41, 5.74) is 0.523. The van der Waals surface area contributed by atoms with E-state index in [-0.39, 0.29) is 0 Å². The van der Waals surface area contributed by atoms with Gasteiger partial charge in [0.05, 0.1) is 0 Å². The molecule has 0 saturated heterocycles. The Labute approximate surface area is 124 Å². The molecule has 112 valence electrons. The maximum atomic E-state index is 3.86. The predicted molar refractivity (Wildman–Crippen MR) is 87.8 cm³/mol. The summed E-state index contributed by atoms with van der Waals surface area (Å²) in [5.74, 6) is 1.91. The lowest BCUT2D eigenvalue weighted by Gasteiger charge is -2.37. The summed E-state index contributed by atoms with van der Waals surface area (Å²) >= 11 is 2.06. The van der Waals surface area contributed by atoms with Gasteiger partial charge in [-0.1, -0.05) is 20.8 Å². The molecule has 2 heteroatoms. The highest BCUT2D eigenvalue weighted by molar-refractivity contribution is 7.99. The Morgan fingerprint density at radius 2 is 1.68 bits per heavy atom. The monoisotopic (exact) mass is 283 g/mol. The van der Waals surface area contributed by atoms with Crippen molar-refractivity contribution >= 4 is 11.8 Å². The highest BCUT2D eigenvalue weighted by Crippen LogP contribution is 2.39. The molecule has 0 spiro atoms. The van der Waals surface area contributed by atoms with Gasteiger partial charge >= 0.3 is 0 Å². The zero-order valence-corrected chi connectivity index (χ0v) is 14.2. The third kappa shape index (κ3) is 4.67. The normalized spacial score (nSPS) is 36.6. The minimum Gasteiger partial charge on any atom is -0.314 e. The highest BCUT2D eigenvalue weighted by Gasteiger charge is 2.30. The zero-order valence-electron chi connectivity index (χ0n) is 13.4. The van der Waals surface area contributed by atoms with Gasteiger partial charge in [0.15, 0.2) is 0 Å². The van der Waals surface area contributed by atoms with Crippen molar-refractivity contribution in [1.82, 2.24) is 5.32 Å². The molecular weight excluding hydrogens is 250 g/mol. The van der Waals surface area contributed by atoms with Crippen molar-refractivity contribution < 1.29 is 0 Å². The average Bonchev–Trinajstić information content (AvgIpc) is 2.84. The maximum Gasteiger partial charge on any atom is 0.00781 e. The second-order valence-corrected chi connectivity index (χ2v) is 9.00. The lowest BCUT2D eigenvalue weighted by molar-refractivity contribution is 0.147. The Hall–Kier alpha value is 0.310. The summed E-state index contributed by atoms with van der Waals surface area (Å²) in [6.45, 7) is 8.52. The Morgan fingerprint density at radius 3 is 2.21 bits per heavy atom. The van der Waals surface area contributed by atoms with E-state index in [0.29, 0.717) is 5.41 Å². The molecule has 1 N–H and O–H groups in total. The highest BCUT2D eigenvalue weighted by atomic mass is 32.2. The van der Waals surface area contributed by atoms with E-state index in [2.05, 4.69) is 44.1 Å². The fourth-order valence-electron chi connectivity index (χ4n) is 3.91. The molecule has 0 aromatic carbocycles. The third-order valence-electron chi connectivity index (χ3n) is 5.48. The first-order valence-electron chi connectivity index (χ1n) is 8.25. The first-order valence-corrected chi connectivity index (χ1v) is 9.54. The topological polar surface area (TPSA) is 12.0 Å². The van der Waals surface area contributed by atoms with Gasteiger partial charge in [-0.05, 0) is 75.0 Å². The summed E-state index contributed by atoms with van der Waals surface area (Å²) in [6, 6.07) is 0.817. The van der Waals surface area contributed by atoms with Crippen LogP contribution in [0.4, 0.5) is 0 Å². The Bertz CT molecular complexity index is 263. The molecule has 19 heavy (non-hydrogen) atoms. The molecule has 2 rings (SSSR count). The molecule has 0 radical (unpaired) electrons. The van der Waals surface area contributed by atoms with Gasteiger partial charge in [0.2, 0.25) is 0 Å². The number of nitrogens with one attached hydrogen (secondary N) is 1. The van der Waals surface area contributed by atoms with Gasteiger partial charge in [-0.2, -0.15) is 11.8 Å². The first kappa shape index (κ1) is 15.7. The molecule has 2 atom stereocenters. The summed E-state index contributed by atoms with van der Waals surface area (Å²) < 4.78 is 0. The van der Waals surface area contributed by atoms with E-state index in [4.69, 9.17) is 0 Å². The van der Waals surface area contributed by atoms with Crippen LogP contribution in [0.1, 0.15) is 65.7 Å². The molecule has 0 bridgehead atoms. The summed E-state index contributed by atoms with van der Waals surface area (Å²) in [6.07, 6.45) is 12.3. The smallest absolute Gasteiger partial charge is 0.00781 e. The van der Waals surface area contributed by atoms with Gasteiger partial charge < -0.3 is 5.32 Å². The SMILES string of the molecule is CSC1CCC(NCC2CCC(C(C)(C)C)CC2)C1. The largest absolute Gasteiger partial charge is 0.314 e. The quantitative estimate of drug-likeness (QED) is 0.801. The van der Waals surface area contributed by atoms with Crippen molar-refractivity contribution in [2.24, 2.45) is 17.3 Å². The molecule has 0 heterocycles. The predicted octanol–water partition coefficient (Wildman–Crippen LogP) is 4.71. The molecule has 2 fully saturated rings. The van der Waals surface area contributed by atoms with Gasteiger partial charge in [-0.25, -0.2) is 0 Å².